The van der Waals surface area contributed by atoms with Gasteiger partial charge in [0.2, 0.25) is 0 Å². The zero-order chi connectivity index (χ0) is 18.4. The second-order valence-electron chi connectivity index (χ2n) is 5.90. The number of aliphatic hydroxyl groups excluding tert-OH is 1. The molecule has 1 aromatic carbocycles. The van der Waals surface area contributed by atoms with Crippen molar-refractivity contribution in [2.45, 2.75) is 26.4 Å². The zero-order valence-electron chi connectivity index (χ0n) is 15.2. The predicted octanol–water partition coefficient (Wildman–Crippen LogP) is 2.44. The number of hydrogen-bond donors (Lipinski definition) is 2. The number of ether oxygens (including phenoxy) is 2. The number of aromatic nitrogens is 1. The molecule has 2 aromatic rings. The first-order chi connectivity index (χ1) is 12.0. The van der Waals surface area contributed by atoms with Crippen LogP contribution in [0.1, 0.15) is 35.5 Å². The Morgan fingerprint density at radius 3 is 2.68 bits per heavy atom. The normalized spacial score (nSPS) is 11.8. The molecule has 0 bridgehead atoms. The molecule has 6 nitrogen and oxygen atoms in total. The molecule has 0 aliphatic heterocycles. The van der Waals surface area contributed by atoms with Crippen LogP contribution in [0, 0.1) is 18.3 Å². The van der Waals surface area contributed by atoms with Gasteiger partial charge in [-0.25, -0.2) is 0 Å². The van der Waals surface area contributed by atoms with Gasteiger partial charge in [0.15, 0.2) is 11.5 Å². The van der Waals surface area contributed by atoms with Gasteiger partial charge >= 0.3 is 0 Å². The van der Waals surface area contributed by atoms with Crippen molar-refractivity contribution in [2.75, 3.05) is 20.3 Å². The molecule has 2 N–H and O–H groups in total. The van der Waals surface area contributed by atoms with Crippen LogP contribution in [0.5, 0.6) is 11.5 Å². The van der Waals surface area contributed by atoms with E-state index in [-0.39, 0.29) is 19.3 Å². The third-order valence-electron chi connectivity index (χ3n) is 4.39. The van der Waals surface area contributed by atoms with Crippen molar-refractivity contribution in [2.24, 2.45) is 7.05 Å². The molecule has 0 saturated carbocycles. The smallest absolute Gasteiger partial charge is 0.161 e. The van der Waals surface area contributed by atoms with Gasteiger partial charge in [0.05, 0.1) is 13.7 Å². The van der Waals surface area contributed by atoms with Crippen LogP contribution < -0.4 is 14.8 Å². The first kappa shape index (κ1) is 18.8. The van der Waals surface area contributed by atoms with Crippen LogP contribution in [-0.2, 0) is 13.6 Å². The molecule has 0 amide bonds. The highest BCUT2D eigenvalue weighted by atomic mass is 16.5. The van der Waals surface area contributed by atoms with Crippen molar-refractivity contribution in [1.82, 2.24) is 9.88 Å². The highest BCUT2D eigenvalue weighted by Gasteiger charge is 2.13. The van der Waals surface area contributed by atoms with Crippen molar-refractivity contribution >= 4 is 0 Å². The molecule has 1 aromatic heterocycles. The van der Waals surface area contributed by atoms with E-state index >= 15 is 0 Å². The van der Waals surface area contributed by atoms with E-state index in [0.717, 1.165) is 16.8 Å². The molecule has 0 radical (unpaired) electrons. The van der Waals surface area contributed by atoms with Crippen molar-refractivity contribution < 1.29 is 14.6 Å². The van der Waals surface area contributed by atoms with E-state index in [1.807, 2.05) is 42.8 Å². The first-order valence-electron chi connectivity index (χ1n) is 8.22. The number of hydrogen-bond acceptors (Lipinski definition) is 5. The summed E-state index contributed by atoms with van der Waals surface area (Å²) in [6, 6.07) is 9.98. The Morgan fingerprint density at radius 1 is 1.32 bits per heavy atom. The fourth-order valence-electron chi connectivity index (χ4n) is 2.66. The van der Waals surface area contributed by atoms with Crippen LogP contribution in [0.15, 0.2) is 24.3 Å². The number of nitriles is 1. The van der Waals surface area contributed by atoms with Crippen LogP contribution in [0.25, 0.3) is 0 Å². The summed E-state index contributed by atoms with van der Waals surface area (Å²) in [5.41, 5.74) is 3.93. The molecule has 0 aliphatic carbocycles. The Hall–Kier alpha value is -2.49. The molecule has 2 rings (SSSR count). The van der Waals surface area contributed by atoms with Gasteiger partial charge in [-0.3, -0.25) is 0 Å². The van der Waals surface area contributed by atoms with Crippen LogP contribution in [0.3, 0.4) is 0 Å². The molecule has 25 heavy (non-hydrogen) atoms. The number of nitrogens with one attached hydrogen (secondary N) is 1. The van der Waals surface area contributed by atoms with Gasteiger partial charge in [0.1, 0.15) is 18.4 Å². The minimum absolute atomic E-state index is 0.0377. The van der Waals surface area contributed by atoms with Gasteiger partial charge < -0.3 is 24.5 Å². The standard InChI is InChI=1S/C19H25N3O3/c1-13(21-12-16-9-17(11-20)22(3)14(16)2)15-5-6-18(25-8-7-23)19(10-15)24-4/h5-6,9-10,13,21,23H,7-8,12H2,1-4H3. The SMILES string of the molecule is COc1cc(C(C)NCc2cc(C#N)n(C)c2C)ccc1OCCO. The van der Waals surface area contributed by atoms with Gasteiger partial charge in [-0.2, -0.15) is 5.26 Å². The summed E-state index contributed by atoms with van der Waals surface area (Å²) in [7, 11) is 3.50. The summed E-state index contributed by atoms with van der Waals surface area (Å²) in [6.45, 7) is 4.96. The molecule has 0 fully saturated rings. The second-order valence-corrected chi connectivity index (χ2v) is 5.90. The van der Waals surface area contributed by atoms with Gasteiger partial charge in [-0.05, 0) is 43.2 Å². The number of benzene rings is 1. The maximum atomic E-state index is 9.12. The van der Waals surface area contributed by atoms with Crippen LogP contribution in [-0.4, -0.2) is 30.0 Å². The maximum absolute atomic E-state index is 9.12. The summed E-state index contributed by atoms with van der Waals surface area (Å²) >= 11 is 0. The van der Waals surface area contributed by atoms with Crippen molar-refractivity contribution in [3.05, 3.63) is 46.8 Å². The lowest BCUT2D eigenvalue weighted by molar-refractivity contribution is 0.196. The van der Waals surface area contributed by atoms with Crippen molar-refractivity contribution in [1.29, 1.82) is 5.26 Å². The monoisotopic (exact) mass is 343 g/mol. The predicted molar refractivity (Wildman–Crippen MR) is 95.7 cm³/mol. The molecule has 0 aliphatic rings. The average molecular weight is 343 g/mol. The van der Waals surface area contributed by atoms with E-state index in [0.29, 0.717) is 23.7 Å². The average Bonchev–Trinajstić information content (AvgIpc) is 2.91. The molecule has 0 spiro atoms. The summed E-state index contributed by atoms with van der Waals surface area (Å²) in [4.78, 5) is 0. The highest BCUT2D eigenvalue weighted by molar-refractivity contribution is 5.44. The Labute approximate surface area is 148 Å². The van der Waals surface area contributed by atoms with Crippen LogP contribution in [0.2, 0.25) is 0 Å². The quantitative estimate of drug-likeness (QED) is 0.769. The van der Waals surface area contributed by atoms with Crippen molar-refractivity contribution in [3.63, 3.8) is 0 Å². The Balaban J connectivity index is 2.08. The van der Waals surface area contributed by atoms with E-state index in [2.05, 4.69) is 18.3 Å². The van der Waals surface area contributed by atoms with E-state index < -0.39 is 0 Å². The third kappa shape index (κ3) is 4.32. The molecular weight excluding hydrogens is 318 g/mol. The number of aliphatic hydroxyl groups is 1. The summed E-state index contributed by atoms with van der Waals surface area (Å²) < 4.78 is 12.7. The van der Waals surface area contributed by atoms with Gasteiger partial charge in [0.25, 0.3) is 0 Å². The van der Waals surface area contributed by atoms with Crippen LogP contribution >= 0.6 is 0 Å². The Kier molecular flexibility index (Phi) is 6.45. The molecule has 6 heteroatoms. The minimum Gasteiger partial charge on any atom is -0.493 e. The first-order valence-corrected chi connectivity index (χ1v) is 8.22. The maximum Gasteiger partial charge on any atom is 0.161 e. The minimum atomic E-state index is -0.0377. The lowest BCUT2D eigenvalue weighted by Gasteiger charge is -2.17. The van der Waals surface area contributed by atoms with E-state index in [1.54, 1.807) is 7.11 Å². The molecule has 134 valence electrons. The van der Waals surface area contributed by atoms with E-state index in [9.17, 15) is 0 Å². The topological polar surface area (TPSA) is 79.4 Å². The van der Waals surface area contributed by atoms with E-state index in [1.165, 1.54) is 0 Å². The number of nitrogens with zero attached hydrogens (tertiary/aromatic N) is 2. The van der Waals surface area contributed by atoms with Gasteiger partial charge in [-0.15, -0.1) is 0 Å². The largest absolute Gasteiger partial charge is 0.493 e. The second kappa shape index (κ2) is 8.56. The molecule has 1 unspecified atom stereocenters. The molecule has 1 heterocycles. The lowest BCUT2D eigenvalue weighted by Crippen LogP contribution is -2.18. The fraction of sp³-hybridized carbons (Fsp3) is 0.421. The Bertz CT molecular complexity index is 762. The fourth-order valence-corrected chi connectivity index (χ4v) is 2.66. The summed E-state index contributed by atoms with van der Waals surface area (Å²) in [5.74, 6) is 1.26. The summed E-state index contributed by atoms with van der Waals surface area (Å²) in [6.07, 6.45) is 0. The Morgan fingerprint density at radius 2 is 2.08 bits per heavy atom. The van der Waals surface area contributed by atoms with Crippen LogP contribution in [0.4, 0.5) is 0 Å². The molecule has 0 saturated heterocycles. The molecular formula is C19H25N3O3. The van der Waals surface area contributed by atoms with Gasteiger partial charge in [0, 0.05) is 25.3 Å². The van der Waals surface area contributed by atoms with Crippen molar-refractivity contribution in [3.8, 4) is 17.6 Å². The highest BCUT2D eigenvalue weighted by Crippen LogP contribution is 2.30. The number of methoxy groups -OCH3 is 1. The lowest BCUT2D eigenvalue weighted by atomic mass is 10.1. The molecule has 1 atom stereocenters. The van der Waals surface area contributed by atoms with E-state index in [4.69, 9.17) is 19.8 Å². The summed E-state index contributed by atoms with van der Waals surface area (Å²) in [5, 5.41) is 21.5. The van der Waals surface area contributed by atoms with Gasteiger partial charge in [-0.1, -0.05) is 6.07 Å². The zero-order valence-corrected chi connectivity index (χ0v) is 15.2. The third-order valence-corrected chi connectivity index (χ3v) is 4.39. The number of rotatable bonds is 8.